The molecule has 0 saturated carbocycles. The molecule has 0 spiro atoms. The van der Waals surface area contributed by atoms with Crippen LogP contribution in [0.15, 0.2) is 109 Å². The van der Waals surface area contributed by atoms with Crippen molar-refractivity contribution in [2.24, 2.45) is 0 Å². The molecular weight excluding hydrogens is 550 g/mol. The zero-order valence-corrected chi connectivity index (χ0v) is 25.1. The average Bonchev–Trinajstić information content (AvgIpc) is 3.49. The molecule has 0 unspecified atom stereocenters. The van der Waals surface area contributed by atoms with E-state index >= 15 is 0 Å². The molecule has 2 heterocycles. The average molecular weight is 590 g/mol. The van der Waals surface area contributed by atoms with E-state index < -0.39 is 5.97 Å². The molecule has 4 N–H and O–H groups in total. The number of carboxylic acids is 1. The van der Waals surface area contributed by atoms with Gasteiger partial charge in [-0.1, -0.05) is 78.9 Å². The number of hydrogen-bond acceptors (Lipinski definition) is 7. The van der Waals surface area contributed by atoms with Crippen LogP contribution in [0.1, 0.15) is 58.1 Å². The topological polar surface area (TPSA) is 91.3 Å². The van der Waals surface area contributed by atoms with E-state index in [9.17, 15) is 15.0 Å². The Morgan fingerprint density at radius 1 is 0.818 bits per heavy atom. The Kier molecular flexibility index (Phi) is 8.65. The van der Waals surface area contributed by atoms with E-state index in [0.717, 1.165) is 42.0 Å². The monoisotopic (exact) mass is 589 g/mol. The molecule has 1 fully saturated rings. The molecule has 3 atom stereocenters. The molecule has 0 radical (unpaired) electrons. The number of phenolic OH excluding ortho intramolecular Hbond substituents is 1. The van der Waals surface area contributed by atoms with Gasteiger partial charge in [0.05, 0.1) is 23.8 Å². The van der Waals surface area contributed by atoms with E-state index in [1.54, 1.807) is 24.3 Å². The number of piperazine rings is 1. The zero-order chi connectivity index (χ0) is 30.6. The number of nitrogens with zero attached hydrogens (tertiary/aromatic N) is 3. The van der Waals surface area contributed by atoms with Gasteiger partial charge in [-0.2, -0.15) is 0 Å². The van der Waals surface area contributed by atoms with Gasteiger partial charge >= 0.3 is 5.97 Å². The standard InChI is InChI=1S/C36H39N5O3/c1-25-22-40(26(2)21-39(25)23-27-8-4-3-5-9-27)35(31-11-7-13-33(42)19-31)30-16-14-29(15-17-30)34-20-37-41(38-34)24-28-10-6-12-32(18-28)36(43)44/h3-20,25-26,35,37-38,42H,21-24H2,1-2H3,(H,43,44)/t25-,26+,35-/m1/s1. The second kappa shape index (κ2) is 12.9. The largest absolute Gasteiger partial charge is 0.508 e. The van der Waals surface area contributed by atoms with Crippen molar-refractivity contribution in [3.8, 4) is 5.75 Å². The van der Waals surface area contributed by atoms with Crippen LogP contribution in [-0.2, 0) is 13.1 Å². The van der Waals surface area contributed by atoms with Crippen molar-refractivity contribution >= 4 is 11.7 Å². The van der Waals surface area contributed by atoms with Crippen LogP contribution in [0.4, 0.5) is 0 Å². The van der Waals surface area contributed by atoms with Crippen LogP contribution in [0.25, 0.3) is 5.70 Å². The molecule has 226 valence electrons. The summed E-state index contributed by atoms with van der Waals surface area (Å²) in [5.74, 6) is -0.664. The molecule has 4 aromatic rings. The molecular formula is C36H39N5O3. The number of rotatable bonds is 9. The first-order valence-corrected chi connectivity index (χ1v) is 15.1. The Hall–Kier alpha value is -4.63. The molecule has 1 saturated heterocycles. The lowest BCUT2D eigenvalue weighted by atomic mass is 9.92. The van der Waals surface area contributed by atoms with Gasteiger partial charge in [-0.15, -0.1) is 5.12 Å². The van der Waals surface area contributed by atoms with E-state index in [1.165, 1.54) is 11.1 Å². The summed E-state index contributed by atoms with van der Waals surface area (Å²) in [7, 11) is 0. The Bertz CT molecular complexity index is 1620. The molecule has 2 aliphatic heterocycles. The van der Waals surface area contributed by atoms with Crippen molar-refractivity contribution in [3.63, 3.8) is 0 Å². The van der Waals surface area contributed by atoms with E-state index in [-0.39, 0.29) is 17.4 Å². The predicted molar refractivity (Wildman–Crippen MR) is 172 cm³/mol. The summed E-state index contributed by atoms with van der Waals surface area (Å²) in [4.78, 5) is 16.5. The van der Waals surface area contributed by atoms with Crippen LogP contribution in [0.5, 0.6) is 5.75 Å². The summed E-state index contributed by atoms with van der Waals surface area (Å²) in [6.07, 6.45) is 1.92. The van der Waals surface area contributed by atoms with Gasteiger partial charge < -0.3 is 15.6 Å². The van der Waals surface area contributed by atoms with E-state index in [0.29, 0.717) is 18.6 Å². The highest BCUT2D eigenvalue weighted by atomic mass is 16.4. The number of benzene rings is 4. The predicted octanol–water partition coefficient (Wildman–Crippen LogP) is 5.60. The van der Waals surface area contributed by atoms with Crippen molar-refractivity contribution < 1.29 is 15.0 Å². The van der Waals surface area contributed by atoms with Gasteiger partial charge in [-0.3, -0.25) is 15.2 Å². The van der Waals surface area contributed by atoms with Gasteiger partial charge in [0, 0.05) is 43.5 Å². The second-order valence-corrected chi connectivity index (χ2v) is 11.8. The maximum Gasteiger partial charge on any atom is 0.335 e. The molecule has 2 aliphatic rings. The molecule has 0 bridgehead atoms. The highest BCUT2D eigenvalue weighted by Crippen LogP contribution is 2.35. The number of carboxylic acid groups (broad SMARTS) is 1. The van der Waals surface area contributed by atoms with E-state index in [2.05, 4.69) is 95.2 Å². The van der Waals surface area contributed by atoms with Gasteiger partial charge in [0.1, 0.15) is 5.75 Å². The quantitative estimate of drug-likeness (QED) is 0.201. The van der Waals surface area contributed by atoms with Crippen molar-refractivity contribution in [1.82, 2.24) is 25.8 Å². The zero-order valence-electron chi connectivity index (χ0n) is 25.1. The lowest BCUT2D eigenvalue weighted by molar-refractivity contribution is 0.0195. The fraction of sp³-hybridized carbons (Fsp3) is 0.250. The third kappa shape index (κ3) is 6.63. The molecule has 0 aliphatic carbocycles. The van der Waals surface area contributed by atoms with Crippen molar-refractivity contribution in [2.75, 3.05) is 13.1 Å². The summed E-state index contributed by atoms with van der Waals surface area (Å²) in [5, 5.41) is 21.6. The van der Waals surface area contributed by atoms with E-state index in [4.69, 9.17) is 0 Å². The maximum atomic E-state index is 11.4. The summed E-state index contributed by atoms with van der Waals surface area (Å²) in [6.45, 7) is 7.89. The van der Waals surface area contributed by atoms with Crippen LogP contribution >= 0.6 is 0 Å². The highest BCUT2D eigenvalue weighted by molar-refractivity contribution is 5.87. The summed E-state index contributed by atoms with van der Waals surface area (Å²) < 4.78 is 0. The first kappa shape index (κ1) is 29.4. The van der Waals surface area contributed by atoms with Crippen molar-refractivity contribution in [1.29, 1.82) is 0 Å². The molecule has 0 aromatic heterocycles. The minimum atomic E-state index is -0.935. The molecule has 8 nitrogen and oxygen atoms in total. The summed E-state index contributed by atoms with van der Waals surface area (Å²) in [5.41, 5.74) is 13.3. The fourth-order valence-electron chi connectivity index (χ4n) is 6.31. The van der Waals surface area contributed by atoms with Crippen molar-refractivity contribution in [3.05, 3.63) is 143 Å². The molecule has 8 heteroatoms. The third-order valence-corrected chi connectivity index (χ3v) is 8.58. The number of aromatic carboxylic acids is 1. The third-order valence-electron chi connectivity index (χ3n) is 8.58. The van der Waals surface area contributed by atoms with Crippen molar-refractivity contribution in [2.45, 2.75) is 45.1 Å². The van der Waals surface area contributed by atoms with Crippen LogP contribution in [0.3, 0.4) is 0 Å². The van der Waals surface area contributed by atoms with E-state index in [1.807, 2.05) is 29.5 Å². The minimum absolute atomic E-state index is 0.00544. The number of hydrazine groups is 2. The fourth-order valence-corrected chi connectivity index (χ4v) is 6.31. The number of aromatic hydroxyl groups is 1. The number of nitrogens with one attached hydrogen (secondary N) is 2. The summed E-state index contributed by atoms with van der Waals surface area (Å²) in [6, 6.07) is 34.5. The Labute approximate surface area is 258 Å². The highest BCUT2D eigenvalue weighted by Gasteiger charge is 2.35. The normalized spacial score (nSPS) is 20.0. The van der Waals surface area contributed by atoms with Crippen LogP contribution in [0.2, 0.25) is 0 Å². The molecule has 44 heavy (non-hydrogen) atoms. The Balaban J connectivity index is 1.18. The Morgan fingerprint density at radius 2 is 1.57 bits per heavy atom. The van der Waals surface area contributed by atoms with Crippen LogP contribution in [0, 0.1) is 0 Å². The van der Waals surface area contributed by atoms with Crippen LogP contribution in [-0.4, -0.2) is 56.3 Å². The second-order valence-electron chi connectivity index (χ2n) is 11.8. The number of hydrogen-bond donors (Lipinski definition) is 4. The molecule has 0 amide bonds. The summed E-state index contributed by atoms with van der Waals surface area (Å²) >= 11 is 0. The van der Waals surface area contributed by atoms with Gasteiger partial charge in [-0.25, -0.2) is 4.79 Å². The molecule has 4 aromatic carbocycles. The van der Waals surface area contributed by atoms with Crippen LogP contribution < -0.4 is 10.9 Å². The first-order chi connectivity index (χ1) is 21.3. The lowest BCUT2D eigenvalue weighted by Crippen LogP contribution is -2.56. The molecule has 6 rings (SSSR count). The number of phenols is 1. The minimum Gasteiger partial charge on any atom is -0.508 e. The SMILES string of the molecule is C[C@@H]1CN([C@H](c2ccc(C3=CNN(Cc4cccc(C(=O)O)c4)N3)cc2)c2cccc(O)c2)[C@@H](C)CN1Cc1ccccc1. The van der Waals surface area contributed by atoms with Gasteiger partial charge in [0.2, 0.25) is 0 Å². The van der Waals surface area contributed by atoms with Gasteiger partial charge in [0.15, 0.2) is 0 Å². The maximum absolute atomic E-state index is 11.4. The smallest absolute Gasteiger partial charge is 0.335 e. The van der Waals surface area contributed by atoms with Gasteiger partial charge in [-0.05, 0) is 60.4 Å². The van der Waals surface area contributed by atoms with Gasteiger partial charge in [0.25, 0.3) is 0 Å². The number of carbonyl (C=O) groups is 1. The first-order valence-electron chi connectivity index (χ1n) is 15.1. The lowest BCUT2D eigenvalue weighted by Gasteiger charge is -2.47. The Morgan fingerprint density at radius 3 is 2.32 bits per heavy atom.